The molecule has 1 amide bonds. The van der Waals surface area contributed by atoms with Gasteiger partial charge in [0.2, 0.25) is 5.91 Å². The number of nitrogens with zero attached hydrogens (tertiary/aromatic N) is 3. The van der Waals surface area contributed by atoms with Crippen molar-refractivity contribution in [1.82, 2.24) is 20.5 Å². The molecule has 0 atom stereocenters. The van der Waals surface area contributed by atoms with Crippen LogP contribution in [-0.2, 0) is 4.79 Å². The van der Waals surface area contributed by atoms with Crippen LogP contribution in [0.15, 0.2) is 6.33 Å². The first-order valence-electron chi connectivity index (χ1n) is 5.95. The molecule has 0 aliphatic heterocycles. The van der Waals surface area contributed by atoms with Gasteiger partial charge in [-0.15, -0.1) is 5.10 Å². The summed E-state index contributed by atoms with van der Waals surface area (Å²) in [6.45, 7) is 0. The summed E-state index contributed by atoms with van der Waals surface area (Å²) in [5.74, 6) is 0.860. The summed E-state index contributed by atoms with van der Waals surface area (Å²) in [5.41, 5.74) is 0. The van der Waals surface area contributed by atoms with Gasteiger partial charge < -0.3 is 0 Å². The molecule has 0 spiro atoms. The fourth-order valence-corrected chi connectivity index (χ4v) is 2.23. The molecule has 0 aromatic carbocycles. The van der Waals surface area contributed by atoms with Crippen LogP contribution in [0.4, 0.5) is 5.95 Å². The zero-order chi connectivity index (χ0) is 11.2. The van der Waals surface area contributed by atoms with Gasteiger partial charge in [-0.1, -0.05) is 32.1 Å². The van der Waals surface area contributed by atoms with Gasteiger partial charge in [-0.2, -0.15) is 10.3 Å². The monoisotopic (exact) mass is 221 g/mol. The second-order valence-corrected chi connectivity index (χ2v) is 4.35. The molecular formula is C11H17N4O. The number of hydrogen-bond donors (Lipinski definition) is 1. The second kappa shape index (κ2) is 5.63. The van der Waals surface area contributed by atoms with Crippen LogP contribution in [-0.4, -0.2) is 21.1 Å². The minimum absolute atomic E-state index is 0.106. The van der Waals surface area contributed by atoms with Gasteiger partial charge in [-0.25, -0.2) is 0 Å². The molecule has 1 N–H and O–H groups in total. The van der Waals surface area contributed by atoms with Crippen LogP contribution >= 0.6 is 0 Å². The summed E-state index contributed by atoms with van der Waals surface area (Å²) in [7, 11) is 0. The van der Waals surface area contributed by atoms with Gasteiger partial charge in [0.25, 0.3) is 5.95 Å². The molecule has 1 heterocycles. The maximum atomic E-state index is 11.5. The summed E-state index contributed by atoms with van der Waals surface area (Å²) in [6.07, 6.45) is 9.45. The molecule has 2 rings (SSSR count). The van der Waals surface area contributed by atoms with Crippen molar-refractivity contribution in [2.24, 2.45) is 5.92 Å². The molecule has 1 aliphatic carbocycles. The quantitative estimate of drug-likeness (QED) is 0.844. The number of aromatic amines is 1. The Morgan fingerprint density at radius 2 is 2.25 bits per heavy atom. The number of carbonyl (C=O) groups is 1. The summed E-state index contributed by atoms with van der Waals surface area (Å²) in [4.78, 5) is 15.3. The third-order valence-corrected chi connectivity index (χ3v) is 3.12. The van der Waals surface area contributed by atoms with Crippen molar-refractivity contribution in [2.75, 3.05) is 0 Å². The largest absolute Gasteiger partial charge is 0.273 e. The lowest BCUT2D eigenvalue weighted by atomic mass is 9.86. The fourth-order valence-electron chi connectivity index (χ4n) is 2.23. The topological polar surface area (TPSA) is 72.7 Å². The Kier molecular flexibility index (Phi) is 3.91. The van der Waals surface area contributed by atoms with Crippen LogP contribution in [0.3, 0.4) is 0 Å². The van der Waals surface area contributed by atoms with Gasteiger partial charge in [0, 0.05) is 6.42 Å². The lowest BCUT2D eigenvalue weighted by Gasteiger charge is -2.20. The van der Waals surface area contributed by atoms with Crippen molar-refractivity contribution in [2.45, 2.75) is 44.9 Å². The molecule has 87 valence electrons. The zero-order valence-electron chi connectivity index (χ0n) is 9.35. The standard InChI is InChI=1S/C11H17N4O/c16-10(14-11-12-8-13-15-11)7-6-9-4-2-1-3-5-9/h8-9H,1-7H2,(H,12,13,15). The van der Waals surface area contributed by atoms with Crippen molar-refractivity contribution < 1.29 is 4.79 Å². The summed E-state index contributed by atoms with van der Waals surface area (Å²) in [5, 5.41) is 10.1. The molecule has 0 saturated heterocycles. The highest BCUT2D eigenvalue weighted by atomic mass is 16.1. The van der Waals surface area contributed by atoms with E-state index >= 15 is 0 Å². The second-order valence-electron chi connectivity index (χ2n) is 4.35. The Labute approximate surface area is 95.0 Å². The predicted octanol–water partition coefficient (Wildman–Crippen LogP) is 1.93. The number of hydrogen-bond acceptors (Lipinski definition) is 3. The zero-order valence-corrected chi connectivity index (χ0v) is 9.35. The molecule has 0 bridgehead atoms. The smallest absolute Gasteiger partial charge is 0.271 e. The van der Waals surface area contributed by atoms with Gasteiger partial charge in [-0.05, 0) is 12.3 Å². The number of H-pyrrole nitrogens is 1. The van der Waals surface area contributed by atoms with Gasteiger partial charge in [0.05, 0.1) is 0 Å². The van der Waals surface area contributed by atoms with E-state index in [1.807, 2.05) is 0 Å². The normalized spacial score (nSPS) is 17.2. The lowest BCUT2D eigenvalue weighted by Crippen LogP contribution is -2.14. The van der Waals surface area contributed by atoms with E-state index < -0.39 is 0 Å². The molecular weight excluding hydrogens is 204 g/mol. The van der Waals surface area contributed by atoms with E-state index in [-0.39, 0.29) is 11.9 Å². The number of carbonyl (C=O) groups excluding carboxylic acids is 1. The first kappa shape index (κ1) is 11.1. The van der Waals surface area contributed by atoms with Crippen molar-refractivity contribution in [1.29, 1.82) is 0 Å². The summed E-state index contributed by atoms with van der Waals surface area (Å²) in [6, 6.07) is 0. The third-order valence-electron chi connectivity index (χ3n) is 3.12. The predicted molar refractivity (Wildman–Crippen MR) is 59.0 cm³/mol. The van der Waals surface area contributed by atoms with E-state index in [4.69, 9.17) is 0 Å². The minimum atomic E-state index is -0.106. The number of rotatable bonds is 4. The van der Waals surface area contributed by atoms with Crippen LogP contribution in [0.5, 0.6) is 0 Å². The molecule has 5 heteroatoms. The first-order chi connectivity index (χ1) is 7.84. The molecule has 16 heavy (non-hydrogen) atoms. The molecule has 0 unspecified atom stereocenters. The molecule has 1 radical (unpaired) electrons. The van der Waals surface area contributed by atoms with Crippen molar-refractivity contribution in [3.8, 4) is 0 Å². The highest BCUT2D eigenvalue weighted by molar-refractivity contribution is 5.78. The van der Waals surface area contributed by atoms with Crippen molar-refractivity contribution in [3.63, 3.8) is 0 Å². The van der Waals surface area contributed by atoms with E-state index in [9.17, 15) is 4.79 Å². The third kappa shape index (κ3) is 3.32. The van der Waals surface area contributed by atoms with Crippen LogP contribution < -0.4 is 5.32 Å². The maximum Gasteiger partial charge on any atom is 0.271 e. The fraction of sp³-hybridized carbons (Fsp3) is 0.727. The van der Waals surface area contributed by atoms with Crippen LogP contribution in [0.1, 0.15) is 44.9 Å². The van der Waals surface area contributed by atoms with E-state index in [0.717, 1.165) is 12.3 Å². The Balaban J connectivity index is 1.67. The van der Waals surface area contributed by atoms with Crippen LogP contribution in [0.25, 0.3) is 0 Å². The molecule has 1 saturated carbocycles. The minimum Gasteiger partial charge on any atom is -0.273 e. The van der Waals surface area contributed by atoms with Gasteiger partial charge in [-0.3, -0.25) is 9.89 Å². The Morgan fingerprint density at radius 1 is 1.44 bits per heavy atom. The molecule has 1 fully saturated rings. The SMILES string of the molecule is O=C(CCC1CCCCC1)[N]c1nc[nH]n1. The van der Waals surface area contributed by atoms with E-state index in [2.05, 4.69) is 20.5 Å². The first-order valence-corrected chi connectivity index (χ1v) is 5.95. The average molecular weight is 221 g/mol. The molecule has 1 aromatic rings. The maximum absolute atomic E-state index is 11.5. The number of nitrogens with one attached hydrogen (secondary N) is 1. The highest BCUT2D eigenvalue weighted by Crippen LogP contribution is 2.27. The lowest BCUT2D eigenvalue weighted by molar-refractivity contribution is -0.120. The summed E-state index contributed by atoms with van der Waals surface area (Å²) < 4.78 is 0. The van der Waals surface area contributed by atoms with Crippen molar-refractivity contribution in [3.05, 3.63) is 6.33 Å². The van der Waals surface area contributed by atoms with Gasteiger partial charge in [0.1, 0.15) is 6.33 Å². The van der Waals surface area contributed by atoms with E-state index in [1.165, 1.54) is 38.4 Å². The van der Waals surface area contributed by atoms with E-state index in [1.54, 1.807) is 0 Å². The van der Waals surface area contributed by atoms with Gasteiger partial charge >= 0.3 is 0 Å². The summed E-state index contributed by atoms with van der Waals surface area (Å²) >= 11 is 0. The van der Waals surface area contributed by atoms with Crippen LogP contribution in [0, 0.1) is 5.92 Å². The highest BCUT2D eigenvalue weighted by Gasteiger charge is 2.15. The van der Waals surface area contributed by atoms with Gasteiger partial charge in [0.15, 0.2) is 0 Å². The molecule has 1 aliphatic rings. The number of aromatic nitrogens is 3. The Morgan fingerprint density at radius 3 is 2.94 bits per heavy atom. The molecule has 1 aromatic heterocycles. The number of amides is 1. The van der Waals surface area contributed by atoms with Crippen LogP contribution in [0.2, 0.25) is 0 Å². The Hall–Kier alpha value is -1.39. The molecule has 5 nitrogen and oxygen atoms in total. The van der Waals surface area contributed by atoms with Crippen molar-refractivity contribution >= 4 is 11.9 Å². The Bertz CT molecular complexity index is 317. The van der Waals surface area contributed by atoms with E-state index in [0.29, 0.717) is 6.42 Å². The average Bonchev–Trinajstić information content (AvgIpc) is 2.81.